The molecule has 0 atom stereocenters. The molecule has 1 amide bonds. The van der Waals surface area contributed by atoms with Crippen molar-refractivity contribution in [2.75, 3.05) is 34.4 Å². The number of aryl methyl sites for hydroxylation is 1. The Morgan fingerprint density at radius 2 is 1.83 bits per heavy atom. The van der Waals surface area contributed by atoms with Crippen molar-refractivity contribution in [2.45, 2.75) is 6.92 Å². The molecule has 0 spiro atoms. The van der Waals surface area contributed by atoms with Gasteiger partial charge >= 0.3 is 0 Å². The molecule has 0 saturated carbocycles. The molecule has 128 valence electrons. The quantitative estimate of drug-likeness (QED) is 0.783. The van der Waals surface area contributed by atoms with E-state index in [0.717, 1.165) is 11.3 Å². The van der Waals surface area contributed by atoms with Crippen molar-refractivity contribution in [3.8, 4) is 17.2 Å². The van der Waals surface area contributed by atoms with Gasteiger partial charge in [-0.1, -0.05) is 18.2 Å². The molecule has 0 aliphatic carbocycles. The summed E-state index contributed by atoms with van der Waals surface area (Å²) in [6, 6.07) is 13.1. The van der Waals surface area contributed by atoms with Crippen molar-refractivity contribution < 1.29 is 19.0 Å². The van der Waals surface area contributed by atoms with Crippen molar-refractivity contribution in [1.29, 1.82) is 0 Å². The number of likely N-dealkylation sites (N-methyl/N-ethyl adjacent to an activating group) is 1. The van der Waals surface area contributed by atoms with Crippen molar-refractivity contribution in [3.63, 3.8) is 0 Å². The maximum absolute atomic E-state index is 12.6. The third kappa shape index (κ3) is 4.19. The van der Waals surface area contributed by atoms with Crippen LogP contribution in [0.2, 0.25) is 0 Å². The normalized spacial score (nSPS) is 10.2. The largest absolute Gasteiger partial charge is 0.493 e. The number of carbonyl (C=O) groups excluding carboxylic acids is 1. The fraction of sp³-hybridized carbons (Fsp3) is 0.316. The first kappa shape index (κ1) is 17.7. The monoisotopic (exact) mass is 329 g/mol. The predicted molar refractivity (Wildman–Crippen MR) is 93.2 cm³/mol. The predicted octanol–water partition coefficient (Wildman–Crippen LogP) is 3.16. The lowest BCUT2D eigenvalue weighted by atomic mass is 10.1. The zero-order chi connectivity index (χ0) is 17.5. The lowest BCUT2D eigenvalue weighted by molar-refractivity contribution is 0.0769. The fourth-order valence-electron chi connectivity index (χ4n) is 2.37. The van der Waals surface area contributed by atoms with Crippen LogP contribution in [0.15, 0.2) is 42.5 Å². The number of methoxy groups -OCH3 is 2. The number of nitrogens with zero attached hydrogens (tertiary/aromatic N) is 1. The number of hydrogen-bond donors (Lipinski definition) is 0. The van der Waals surface area contributed by atoms with E-state index < -0.39 is 0 Å². The van der Waals surface area contributed by atoms with Crippen molar-refractivity contribution in [3.05, 3.63) is 53.6 Å². The number of hydrogen-bond acceptors (Lipinski definition) is 4. The van der Waals surface area contributed by atoms with Crippen molar-refractivity contribution >= 4 is 5.91 Å². The lowest BCUT2D eigenvalue weighted by Crippen LogP contribution is -2.31. The van der Waals surface area contributed by atoms with E-state index >= 15 is 0 Å². The molecule has 5 heteroatoms. The molecule has 2 aromatic carbocycles. The lowest BCUT2D eigenvalue weighted by Gasteiger charge is -2.20. The Morgan fingerprint density at radius 1 is 1.08 bits per heavy atom. The van der Waals surface area contributed by atoms with Gasteiger partial charge in [-0.2, -0.15) is 0 Å². The van der Waals surface area contributed by atoms with Crippen LogP contribution < -0.4 is 14.2 Å². The summed E-state index contributed by atoms with van der Waals surface area (Å²) in [5.41, 5.74) is 1.60. The standard InChI is InChI=1S/C19H23NO4/c1-14-7-5-8-15(13-14)24-12-11-20(2)19(21)16-9-6-10-17(22-3)18(16)23-4/h5-10,13H,11-12H2,1-4H3. The van der Waals surface area contributed by atoms with E-state index in [1.54, 1.807) is 37.3 Å². The van der Waals surface area contributed by atoms with Crippen molar-refractivity contribution in [2.24, 2.45) is 0 Å². The Morgan fingerprint density at radius 3 is 2.50 bits per heavy atom. The van der Waals surface area contributed by atoms with Gasteiger partial charge in [0.05, 0.1) is 26.3 Å². The molecule has 0 aromatic heterocycles. The Kier molecular flexibility index (Phi) is 6.07. The molecule has 0 bridgehead atoms. The zero-order valence-electron chi connectivity index (χ0n) is 14.5. The van der Waals surface area contributed by atoms with Crippen LogP contribution in [0.3, 0.4) is 0 Å². The molecule has 0 aliphatic rings. The molecule has 2 rings (SSSR count). The average Bonchev–Trinajstić information content (AvgIpc) is 2.60. The summed E-state index contributed by atoms with van der Waals surface area (Å²) in [5.74, 6) is 1.64. The molecule has 0 N–H and O–H groups in total. The minimum Gasteiger partial charge on any atom is -0.493 e. The van der Waals surface area contributed by atoms with E-state index in [1.165, 1.54) is 7.11 Å². The first-order valence-electron chi connectivity index (χ1n) is 7.72. The Balaban J connectivity index is 2.00. The summed E-state index contributed by atoms with van der Waals surface area (Å²) in [6.07, 6.45) is 0. The van der Waals surface area contributed by atoms with Gasteiger partial charge in [-0.15, -0.1) is 0 Å². The number of amides is 1. The summed E-state index contributed by atoms with van der Waals surface area (Å²) >= 11 is 0. The second-order valence-corrected chi connectivity index (χ2v) is 5.43. The minimum absolute atomic E-state index is 0.140. The average molecular weight is 329 g/mol. The second-order valence-electron chi connectivity index (χ2n) is 5.43. The smallest absolute Gasteiger partial charge is 0.257 e. The number of para-hydroxylation sites is 1. The van der Waals surface area contributed by atoms with E-state index in [0.29, 0.717) is 30.2 Å². The zero-order valence-corrected chi connectivity index (χ0v) is 14.5. The fourth-order valence-corrected chi connectivity index (χ4v) is 2.37. The second kappa shape index (κ2) is 8.24. The number of benzene rings is 2. The Bertz CT molecular complexity index is 700. The van der Waals surface area contributed by atoms with Crippen LogP contribution in [0.1, 0.15) is 15.9 Å². The number of ether oxygens (including phenoxy) is 3. The number of rotatable bonds is 7. The van der Waals surface area contributed by atoms with Gasteiger partial charge < -0.3 is 19.1 Å². The first-order chi connectivity index (χ1) is 11.6. The third-order valence-corrected chi connectivity index (χ3v) is 3.67. The number of carbonyl (C=O) groups is 1. The summed E-state index contributed by atoms with van der Waals surface area (Å²) in [5, 5.41) is 0. The highest BCUT2D eigenvalue weighted by atomic mass is 16.5. The van der Waals surface area contributed by atoms with Gasteiger partial charge in [0.25, 0.3) is 5.91 Å². The summed E-state index contributed by atoms with van der Waals surface area (Å²) in [6.45, 7) is 2.89. The van der Waals surface area contributed by atoms with Crippen LogP contribution >= 0.6 is 0 Å². The van der Waals surface area contributed by atoms with Gasteiger partial charge in [-0.3, -0.25) is 4.79 Å². The van der Waals surface area contributed by atoms with E-state index in [-0.39, 0.29) is 5.91 Å². The van der Waals surface area contributed by atoms with Gasteiger partial charge in [0, 0.05) is 7.05 Å². The summed E-state index contributed by atoms with van der Waals surface area (Å²) in [7, 11) is 4.81. The first-order valence-corrected chi connectivity index (χ1v) is 7.72. The summed E-state index contributed by atoms with van der Waals surface area (Å²) in [4.78, 5) is 14.2. The van der Waals surface area contributed by atoms with Gasteiger partial charge in [0.15, 0.2) is 11.5 Å². The molecule has 24 heavy (non-hydrogen) atoms. The van der Waals surface area contributed by atoms with Gasteiger partial charge in [0.1, 0.15) is 12.4 Å². The molecule has 0 radical (unpaired) electrons. The van der Waals surface area contributed by atoms with Gasteiger partial charge in [0.2, 0.25) is 0 Å². The Hall–Kier alpha value is -2.69. The van der Waals surface area contributed by atoms with Gasteiger partial charge in [-0.05, 0) is 36.8 Å². The minimum atomic E-state index is -0.140. The highest BCUT2D eigenvalue weighted by Crippen LogP contribution is 2.31. The van der Waals surface area contributed by atoms with Gasteiger partial charge in [-0.25, -0.2) is 0 Å². The van der Waals surface area contributed by atoms with Crippen LogP contribution in [-0.4, -0.2) is 45.2 Å². The molecular weight excluding hydrogens is 306 g/mol. The van der Waals surface area contributed by atoms with Crippen LogP contribution in [0.25, 0.3) is 0 Å². The molecular formula is C19H23NO4. The van der Waals surface area contributed by atoms with E-state index in [2.05, 4.69) is 0 Å². The van der Waals surface area contributed by atoms with Crippen LogP contribution in [0, 0.1) is 6.92 Å². The van der Waals surface area contributed by atoms with E-state index in [1.807, 2.05) is 31.2 Å². The molecule has 0 aliphatic heterocycles. The molecule has 0 fully saturated rings. The van der Waals surface area contributed by atoms with E-state index in [4.69, 9.17) is 14.2 Å². The maximum Gasteiger partial charge on any atom is 0.257 e. The molecule has 2 aromatic rings. The highest BCUT2D eigenvalue weighted by Gasteiger charge is 2.19. The molecule has 0 heterocycles. The summed E-state index contributed by atoms with van der Waals surface area (Å²) < 4.78 is 16.3. The molecule has 5 nitrogen and oxygen atoms in total. The molecule has 0 saturated heterocycles. The van der Waals surface area contributed by atoms with Crippen LogP contribution in [0.4, 0.5) is 0 Å². The molecule has 0 unspecified atom stereocenters. The van der Waals surface area contributed by atoms with E-state index in [9.17, 15) is 4.79 Å². The van der Waals surface area contributed by atoms with Crippen LogP contribution in [-0.2, 0) is 0 Å². The topological polar surface area (TPSA) is 48.0 Å². The SMILES string of the molecule is COc1cccc(C(=O)N(C)CCOc2cccc(C)c2)c1OC. The third-order valence-electron chi connectivity index (χ3n) is 3.67. The maximum atomic E-state index is 12.6. The van der Waals surface area contributed by atoms with Crippen molar-refractivity contribution in [1.82, 2.24) is 4.90 Å². The Labute approximate surface area is 142 Å². The van der Waals surface area contributed by atoms with Crippen LogP contribution in [0.5, 0.6) is 17.2 Å². The highest BCUT2D eigenvalue weighted by molar-refractivity contribution is 5.97.